The van der Waals surface area contributed by atoms with Crippen LogP contribution in [0.1, 0.15) is 55.4 Å². The van der Waals surface area contributed by atoms with Crippen molar-refractivity contribution in [2.45, 2.75) is 50.4 Å². The highest BCUT2D eigenvalue weighted by molar-refractivity contribution is 5.67. The van der Waals surface area contributed by atoms with E-state index in [0.717, 1.165) is 25.7 Å². The Hall–Kier alpha value is -2.33. The van der Waals surface area contributed by atoms with Crippen LogP contribution in [-0.2, 0) is 15.1 Å². The fraction of sp³-hybridized carbons (Fsp3) is 0.435. The molecule has 1 atom stereocenters. The van der Waals surface area contributed by atoms with Gasteiger partial charge in [-0.2, -0.15) is 0 Å². The maximum Gasteiger partial charge on any atom is 0.409 e. The van der Waals surface area contributed by atoms with Crippen molar-refractivity contribution >= 4 is 6.09 Å². The van der Waals surface area contributed by atoms with Gasteiger partial charge < -0.3 is 14.4 Å². The maximum absolute atomic E-state index is 12.1. The average Bonchev–Trinajstić information content (AvgIpc) is 3.03. The van der Waals surface area contributed by atoms with Crippen molar-refractivity contribution in [1.29, 1.82) is 0 Å². The van der Waals surface area contributed by atoms with Crippen LogP contribution in [0.3, 0.4) is 0 Å². The third-order valence-corrected chi connectivity index (χ3v) is 6.05. The molecule has 1 heterocycles. The van der Waals surface area contributed by atoms with Crippen LogP contribution in [0.2, 0.25) is 0 Å². The zero-order valence-electron chi connectivity index (χ0n) is 16.1. The zero-order chi connectivity index (χ0) is 18.9. The Morgan fingerprint density at radius 3 is 2.48 bits per heavy atom. The molecule has 2 aromatic carbocycles. The molecule has 0 radical (unpaired) electrons. The molecule has 4 rings (SSSR count). The van der Waals surface area contributed by atoms with E-state index in [4.69, 9.17) is 9.47 Å². The molecule has 1 aliphatic carbocycles. The molecule has 4 nitrogen and oxygen atoms in total. The minimum atomic E-state index is -0.247. The highest BCUT2D eigenvalue weighted by Crippen LogP contribution is 2.53. The molecule has 0 N–H and O–H groups in total. The standard InChI is InChI=1S/C23H27NO3/c1-3-26-22(25)24(2)18-13-15-23(16-14-18)20-12-8-7-11-19(20)21(27-23)17-9-5-4-6-10-17/h4-12,18,21H,3,13-16H2,1-2H3. The van der Waals surface area contributed by atoms with E-state index >= 15 is 0 Å². The van der Waals surface area contributed by atoms with Gasteiger partial charge in [0.1, 0.15) is 6.10 Å². The number of benzene rings is 2. The molecule has 1 aliphatic heterocycles. The third kappa shape index (κ3) is 3.23. The molecule has 1 saturated carbocycles. The monoisotopic (exact) mass is 365 g/mol. The molecular formula is C23H27NO3. The van der Waals surface area contributed by atoms with Gasteiger partial charge in [-0.3, -0.25) is 0 Å². The van der Waals surface area contributed by atoms with Crippen LogP contribution in [0.4, 0.5) is 4.79 Å². The van der Waals surface area contributed by atoms with E-state index in [9.17, 15) is 4.79 Å². The second-order valence-corrected chi connectivity index (χ2v) is 7.53. The summed E-state index contributed by atoms with van der Waals surface area (Å²) in [4.78, 5) is 13.8. The number of hydrogen-bond acceptors (Lipinski definition) is 3. The molecule has 2 aliphatic rings. The highest BCUT2D eigenvalue weighted by atomic mass is 16.6. The van der Waals surface area contributed by atoms with Gasteiger partial charge in [0.2, 0.25) is 0 Å². The van der Waals surface area contributed by atoms with E-state index < -0.39 is 0 Å². The van der Waals surface area contributed by atoms with E-state index in [-0.39, 0.29) is 23.8 Å². The molecule has 1 amide bonds. The number of carbonyl (C=O) groups excluding carboxylic acids is 1. The first kappa shape index (κ1) is 18.1. The highest BCUT2D eigenvalue weighted by Gasteiger charge is 2.47. The lowest BCUT2D eigenvalue weighted by Gasteiger charge is -2.40. The molecule has 0 saturated heterocycles. The van der Waals surface area contributed by atoms with Crippen molar-refractivity contribution in [3.63, 3.8) is 0 Å². The second-order valence-electron chi connectivity index (χ2n) is 7.53. The Bertz CT molecular complexity index is 796. The lowest BCUT2D eigenvalue weighted by Crippen LogP contribution is -2.43. The smallest absolute Gasteiger partial charge is 0.409 e. The fourth-order valence-electron chi connectivity index (χ4n) is 4.59. The Labute approximate surface area is 161 Å². The molecule has 2 aromatic rings. The van der Waals surface area contributed by atoms with Gasteiger partial charge in [0.25, 0.3) is 0 Å². The molecule has 1 spiro atoms. The van der Waals surface area contributed by atoms with E-state index in [0.29, 0.717) is 6.61 Å². The summed E-state index contributed by atoms with van der Waals surface area (Å²) in [7, 11) is 1.84. The number of ether oxygens (including phenoxy) is 2. The number of nitrogens with zero attached hydrogens (tertiary/aromatic N) is 1. The van der Waals surface area contributed by atoms with Crippen molar-refractivity contribution in [3.8, 4) is 0 Å². The molecule has 0 bridgehead atoms. The Kier molecular flexibility index (Phi) is 4.92. The zero-order valence-corrected chi connectivity index (χ0v) is 16.1. The van der Waals surface area contributed by atoms with Gasteiger partial charge in [0, 0.05) is 13.1 Å². The quantitative estimate of drug-likeness (QED) is 0.765. The lowest BCUT2D eigenvalue weighted by molar-refractivity contribution is -0.0933. The predicted octanol–water partition coefficient (Wildman–Crippen LogP) is 5.03. The minimum absolute atomic E-state index is 0.0123. The summed E-state index contributed by atoms with van der Waals surface area (Å²) in [5.74, 6) is 0. The third-order valence-electron chi connectivity index (χ3n) is 6.05. The van der Waals surface area contributed by atoms with Gasteiger partial charge >= 0.3 is 6.09 Å². The number of hydrogen-bond donors (Lipinski definition) is 0. The molecule has 27 heavy (non-hydrogen) atoms. The fourth-order valence-corrected chi connectivity index (χ4v) is 4.59. The van der Waals surface area contributed by atoms with Crippen molar-refractivity contribution in [1.82, 2.24) is 4.90 Å². The van der Waals surface area contributed by atoms with E-state index in [1.165, 1.54) is 16.7 Å². The van der Waals surface area contributed by atoms with Gasteiger partial charge in [-0.1, -0.05) is 54.6 Å². The summed E-state index contributed by atoms with van der Waals surface area (Å²) in [5, 5.41) is 0. The number of amides is 1. The summed E-state index contributed by atoms with van der Waals surface area (Å²) in [6, 6.07) is 19.3. The van der Waals surface area contributed by atoms with Crippen molar-refractivity contribution in [3.05, 3.63) is 71.3 Å². The first-order chi connectivity index (χ1) is 13.1. The second kappa shape index (κ2) is 7.35. The maximum atomic E-state index is 12.1. The summed E-state index contributed by atoms with van der Waals surface area (Å²) in [6.07, 6.45) is 3.44. The summed E-state index contributed by atoms with van der Waals surface area (Å²) in [5.41, 5.74) is 3.55. The van der Waals surface area contributed by atoms with Gasteiger partial charge in [0.15, 0.2) is 0 Å². The number of carbonyl (C=O) groups is 1. The Morgan fingerprint density at radius 2 is 1.78 bits per heavy atom. The average molecular weight is 365 g/mol. The first-order valence-electron chi connectivity index (χ1n) is 9.86. The first-order valence-corrected chi connectivity index (χ1v) is 9.86. The Balaban J connectivity index is 1.56. The lowest BCUT2D eigenvalue weighted by atomic mass is 9.77. The van der Waals surface area contributed by atoms with Crippen molar-refractivity contribution < 1.29 is 14.3 Å². The minimum Gasteiger partial charge on any atom is -0.450 e. The van der Waals surface area contributed by atoms with Gasteiger partial charge in [-0.15, -0.1) is 0 Å². The molecule has 1 fully saturated rings. The number of fused-ring (bicyclic) bond motifs is 2. The van der Waals surface area contributed by atoms with Crippen LogP contribution < -0.4 is 0 Å². The van der Waals surface area contributed by atoms with Crippen molar-refractivity contribution in [2.75, 3.05) is 13.7 Å². The van der Waals surface area contributed by atoms with Crippen LogP contribution in [-0.4, -0.2) is 30.7 Å². The largest absolute Gasteiger partial charge is 0.450 e. The van der Waals surface area contributed by atoms with Crippen LogP contribution >= 0.6 is 0 Å². The molecular weight excluding hydrogens is 338 g/mol. The van der Waals surface area contributed by atoms with E-state index in [1.54, 1.807) is 4.90 Å². The summed E-state index contributed by atoms with van der Waals surface area (Å²) >= 11 is 0. The van der Waals surface area contributed by atoms with E-state index in [1.807, 2.05) is 20.0 Å². The molecule has 1 unspecified atom stereocenters. The number of rotatable bonds is 3. The SMILES string of the molecule is CCOC(=O)N(C)C1CCC2(CC1)OC(c1ccccc1)c1ccccc12. The topological polar surface area (TPSA) is 38.8 Å². The van der Waals surface area contributed by atoms with Gasteiger partial charge in [-0.25, -0.2) is 4.79 Å². The van der Waals surface area contributed by atoms with Gasteiger partial charge in [0.05, 0.1) is 12.2 Å². The normalized spacial score (nSPS) is 26.6. The van der Waals surface area contributed by atoms with Crippen LogP contribution in [0.15, 0.2) is 54.6 Å². The van der Waals surface area contributed by atoms with Gasteiger partial charge in [-0.05, 0) is 49.3 Å². The molecule has 0 aromatic heterocycles. The van der Waals surface area contributed by atoms with Crippen LogP contribution in [0.5, 0.6) is 0 Å². The summed E-state index contributed by atoms with van der Waals surface area (Å²) in [6.45, 7) is 2.25. The van der Waals surface area contributed by atoms with Crippen molar-refractivity contribution in [2.24, 2.45) is 0 Å². The molecule has 4 heteroatoms. The predicted molar refractivity (Wildman–Crippen MR) is 105 cm³/mol. The molecule has 142 valence electrons. The van der Waals surface area contributed by atoms with Crippen LogP contribution in [0.25, 0.3) is 0 Å². The summed E-state index contributed by atoms with van der Waals surface area (Å²) < 4.78 is 11.9. The Morgan fingerprint density at radius 1 is 1.11 bits per heavy atom. The van der Waals surface area contributed by atoms with Crippen LogP contribution in [0, 0.1) is 0 Å². The van der Waals surface area contributed by atoms with E-state index in [2.05, 4.69) is 48.5 Å².